The van der Waals surface area contributed by atoms with E-state index in [9.17, 15) is 4.79 Å². The van der Waals surface area contributed by atoms with Gasteiger partial charge in [-0.3, -0.25) is 9.69 Å². The number of thioether (sulfide) groups is 1. The third-order valence-electron chi connectivity index (χ3n) is 4.25. The lowest BCUT2D eigenvalue weighted by Gasteiger charge is -2.36. The molecule has 2 aromatic rings. The summed E-state index contributed by atoms with van der Waals surface area (Å²) in [5.74, 6) is 0.959. The summed E-state index contributed by atoms with van der Waals surface area (Å²) < 4.78 is 0. The molecule has 0 unspecified atom stereocenters. The van der Waals surface area contributed by atoms with E-state index in [2.05, 4.69) is 25.8 Å². The fourth-order valence-corrected chi connectivity index (χ4v) is 4.01. The number of aromatic amines is 1. The van der Waals surface area contributed by atoms with Crippen molar-refractivity contribution in [1.82, 2.24) is 14.9 Å². The van der Waals surface area contributed by atoms with Crippen molar-refractivity contribution in [2.75, 3.05) is 43.4 Å². The second-order valence-corrected chi connectivity index (χ2v) is 7.72. The highest BCUT2D eigenvalue weighted by Gasteiger charge is 2.16. The maximum absolute atomic E-state index is 11.4. The Hall–Kier alpha value is -1.50. The van der Waals surface area contributed by atoms with Crippen LogP contribution in [0.4, 0.5) is 5.69 Å². The van der Waals surface area contributed by atoms with E-state index in [0.717, 1.165) is 60.8 Å². The summed E-state index contributed by atoms with van der Waals surface area (Å²) in [6, 6.07) is 9.58. The van der Waals surface area contributed by atoms with Crippen LogP contribution < -0.4 is 10.5 Å². The predicted octanol–water partition coefficient (Wildman–Crippen LogP) is 3.04. The molecule has 25 heavy (non-hydrogen) atoms. The highest BCUT2D eigenvalue weighted by molar-refractivity contribution is 7.99. The number of H-pyrrole nitrogens is 1. The topological polar surface area (TPSA) is 52.2 Å². The molecule has 0 bridgehead atoms. The standard InChI is InChI=1S/C18H23ClN4OS/c1-14-12-17(24)21-18(20-14)25-11-3-6-22-7-9-23(10-8-22)16-5-2-4-15(19)13-16/h2,4-5,12-13H,3,6-11H2,1H3,(H,20,21,24). The van der Waals surface area contributed by atoms with Gasteiger partial charge in [0, 0.05) is 54.4 Å². The average molecular weight is 379 g/mol. The third kappa shape index (κ3) is 5.49. The molecule has 0 aliphatic carbocycles. The van der Waals surface area contributed by atoms with Crippen LogP contribution in [-0.4, -0.2) is 53.3 Å². The lowest BCUT2D eigenvalue weighted by atomic mass is 10.2. The highest BCUT2D eigenvalue weighted by Crippen LogP contribution is 2.21. The number of halogens is 1. The van der Waals surface area contributed by atoms with E-state index < -0.39 is 0 Å². The van der Waals surface area contributed by atoms with Gasteiger partial charge in [-0.15, -0.1) is 0 Å². The van der Waals surface area contributed by atoms with E-state index in [1.807, 2.05) is 25.1 Å². The number of nitrogens with zero attached hydrogens (tertiary/aromatic N) is 3. The van der Waals surface area contributed by atoms with Gasteiger partial charge in [-0.1, -0.05) is 29.4 Å². The molecule has 1 saturated heterocycles. The number of nitrogens with one attached hydrogen (secondary N) is 1. The van der Waals surface area contributed by atoms with Gasteiger partial charge in [-0.2, -0.15) is 0 Å². The Kier molecular flexibility index (Phi) is 6.39. The number of piperazine rings is 1. The lowest BCUT2D eigenvalue weighted by Crippen LogP contribution is -2.46. The Morgan fingerprint density at radius 3 is 2.76 bits per heavy atom. The number of rotatable bonds is 6. The maximum atomic E-state index is 11.4. The molecule has 3 rings (SSSR count). The summed E-state index contributed by atoms with van der Waals surface area (Å²) in [6.07, 6.45) is 1.08. The van der Waals surface area contributed by atoms with Crippen LogP contribution in [0.2, 0.25) is 5.02 Å². The largest absolute Gasteiger partial charge is 0.369 e. The van der Waals surface area contributed by atoms with E-state index in [0.29, 0.717) is 0 Å². The van der Waals surface area contributed by atoms with Crippen molar-refractivity contribution in [2.24, 2.45) is 0 Å². The van der Waals surface area contributed by atoms with Crippen LogP contribution in [0.5, 0.6) is 0 Å². The summed E-state index contributed by atoms with van der Waals surface area (Å²) in [5, 5.41) is 1.51. The lowest BCUT2D eigenvalue weighted by molar-refractivity contribution is 0.259. The van der Waals surface area contributed by atoms with Crippen LogP contribution in [0, 0.1) is 6.92 Å². The maximum Gasteiger partial charge on any atom is 0.251 e. The summed E-state index contributed by atoms with van der Waals surface area (Å²) in [6.45, 7) is 7.11. The fourth-order valence-electron chi connectivity index (χ4n) is 2.98. The molecule has 1 fully saturated rings. The predicted molar refractivity (Wildman–Crippen MR) is 105 cm³/mol. The Labute approximate surface area is 157 Å². The average Bonchev–Trinajstić information content (AvgIpc) is 2.58. The van der Waals surface area contributed by atoms with Crippen molar-refractivity contribution >= 4 is 29.1 Å². The molecule has 1 aromatic heterocycles. The number of hydrogen-bond acceptors (Lipinski definition) is 5. The summed E-state index contributed by atoms with van der Waals surface area (Å²) in [5.41, 5.74) is 1.90. The molecule has 1 aliphatic rings. The number of aryl methyl sites for hydroxylation is 1. The summed E-state index contributed by atoms with van der Waals surface area (Å²) in [7, 11) is 0. The molecule has 134 valence electrons. The fraction of sp³-hybridized carbons (Fsp3) is 0.444. The number of aromatic nitrogens is 2. The molecule has 2 heterocycles. The number of hydrogen-bond donors (Lipinski definition) is 1. The van der Waals surface area contributed by atoms with E-state index in [1.165, 1.54) is 11.8 Å². The quantitative estimate of drug-likeness (QED) is 0.475. The van der Waals surface area contributed by atoms with Crippen LogP contribution >= 0.6 is 23.4 Å². The van der Waals surface area contributed by atoms with Gasteiger partial charge in [0.25, 0.3) is 5.56 Å². The minimum absolute atomic E-state index is 0.0767. The van der Waals surface area contributed by atoms with Gasteiger partial charge < -0.3 is 9.88 Å². The van der Waals surface area contributed by atoms with Gasteiger partial charge in [-0.05, 0) is 38.1 Å². The SMILES string of the molecule is Cc1cc(=O)[nH]c(SCCCN2CCN(c3cccc(Cl)c3)CC2)n1. The Bertz CT molecular complexity index is 759. The zero-order valence-corrected chi connectivity index (χ0v) is 15.9. The molecule has 5 nitrogen and oxygen atoms in total. The zero-order chi connectivity index (χ0) is 17.6. The minimum atomic E-state index is -0.0767. The minimum Gasteiger partial charge on any atom is -0.369 e. The molecule has 0 saturated carbocycles. The van der Waals surface area contributed by atoms with Gasteiger partial charge >= 0.3 is 0 Å². The molecular weight excluding hydrogens is 356 g/mol. The van der Waals surface area contributed by atoms with Gasteiger partial charge in [0.2, 0.25) is 0 Å². The highest BCUT2D eigenvalue weighted by atomic mass is 35.5. The normalized spacial score (nSPS) is 15.5. The zero-order valence-electron chi connectivity index (χ0n) is 14.4. The summed E-state index contributed by atoms with van der Waals surface area (Å²) in [4.78, 5) is 23.4. The van der Waals surface area contributed by atoms with Crippen LogP contribution in [0.3, 0.4) is 0 Å². The van der Waals surface area contributed by atoms with E-state index in [4.69, 9.17) is 11.6 Å². The molecule has 7 heteroatoms. The van der Waals surface area contributed by atoms with E-state index >= 15 is 0 Å². The van der Waals surface area contributed by atoms with Crippen molar-refractivity contribution in [3.05, 3.63) is 51.4 Å². The monoisotopic (exact) mass is 378 g/mol. The Morgan fingerprint density at radius 1 is 1.24 bits per heavy atom. The molecular formula is C18H23ClN4OS. The molecule has 0 atom stereocenters. The van der Waals surface area contributed by atoms with Crippen LogP contribution in [-0.2, 0) is 0 Å². The molecule has 0 spiro atoms. The summed E-state index contributed by atoms with van der Waals surface area (Å²) >= 11 is 7.70. The van der Waals surface area contributed by atoms with Crippen molar-refractivity contribution < 1.29 is 0 Å². The first-order chi connectivity index (χ1) is 12.1. The van der Waals surface area contributed by atoms with E-state index in [-0.39, 0.29) is 5.56 Å². The van der Waals surface area contributed by atoms with Gasteiger partial charge in [0.1, 0.15) is 0 Å². The number of anilines is 1. The second-order valence-electron chi connectivity index (χ2n) is 6.20. The molecule has 1 aliphatic heterocycles. The van der Waals surface area contributed by atoms with Gasteiger partial charge in [-0.25, -0.2) is 4.98 Å². The molecule has 0 amide bonds. The number of benzene rings is 1. The van der Waals surface area contributed by atoms with Crippen LogP contribution in [0.25, 0.3) is 0 Å². The smallest absolute Gasteiger partial charge is 0.251 e. The van der Waals surface area contributed by atoms with Gasteiger partial charge in [0.05, 0.1) is 0 Å². The first-order valence-electron chi connectivity index (χ1n) is 8.54. The third-order valence-corrected chi connectivity index (χ3v) is 5.45. The molecule has 1 N–H and O–H groups in total. The first kappa shape index (κ1) is 18.3. The molecule has 1 aromatic carbocycles. The first-order valence-corrected chi connectivity index (χ1v) is 9.90. The van der Waals surface area contributed by atoms with Crippen molar-refractivity contribution in [2.45, 2.75) is 18.5 Å². The van der Waals surface area contributed by atoms with Crippen molar-refractivity contribution in [1.29, 1.82) is 0 Å². The Morgan fingerprint density at radius 2 is 2.04 bits per heavy atom. The van der Waals surface area contributed by atoms with Crippen molar-refractivity contribution in [3.8, 4) is 0 Å². The van der Waals surface area contributed by atoms with Crippen LogP contribution in [0.15, 0.2) is 40.3 Å². The van der Waals surface area contributed by atoms with Gasteiger partial charge in [0.15, 0.2) is 5.16 Å². The molecule has 0 radical (unpaired) electrons. The van der Waals surface area contributed by atoms with E-state index in [1.54, 1.807) is 11.8 Å². The second kappa shape index (κ2) is 8.74. The Balaban J connectivity index is 1.38. The van der Waals surface area contributed by atoms with Crippen LogP contribution in [0.1, 0.15) is 12.1 Å². The van der Waals surface area contributed by atoms with Crippen molar-refractivity contribution in [3.63, 3.8) is 0 Å².